The van der Waals surface area contributed by atoms with Crippen molar-refractivity contribution in [1.29, 1.82) is 0 Å². The summed E-state index contributed by atoms with van der Waals surface area (Å²) in [5, 5.41) is 8.84. The van der Waals surface area contributed by atoms with Gasteiger partial charge in [0.15, 0.2) is 11.6 Å². The summed E-state index contributed by atoms with van der Waals surface area (Å²) in [5.74, 6) is 1.69. The molecule has 0 spiro atoms. The fraction of sp³-hybridized carbons (Fsp3) is 0. The van der Waals surface area contributed by atoms with E-state index in [9.17, 15) is 0 Å². The fourth-order valence-corrected chi connectivity index (χ4v) is 8.70. The molecule has 0 N–H and O–H groups in total. The van der Waals surface area contributed by atoms with E-state index in [0.29, 0.717) is 17.6 Å². The molecule has 270 valence electrons. The molecule has 5 nitrogen and oxygen atoms in total. The molecular weight excluding hydrogens is 709 g/mol. The molecule has 9 aromatic carbocycles. The molecule has 0 bridgehead atoms. The van der Waals surface area contributed by atoms with Gasteiger partial charge in [0.05, 0.1) is 11.0 Å². The van der Waals surface area contributed by atoms with Gasteiger partial charge in [0.1, 0.15) is 11.2 Å². The molecule has 0 amide bonds. The van der Waals surface area contributed by atoms with Crippen molar-refractivity contribution < 1.29 is 4.42 Å². The summed E-state index contributed by atoms with van der Waals surface area (Å²) >= 11 is 0. The first-order valence-corrected chi connectivity index (χ1v) is 19.5. The molecule has 0 aliphatic heterocycles. The Balaban J connectivity index is 1.20. The Morgan fingerprint density at radius 1 is 0.362 bits per heavy atom. The number of para-hydroxylation sites is 1. The maximum Gasteiger partial charge on any atom is 0.238 e. The molecule has 0 atom stereocenters. The molecule has 0 radical (unpaired) electrons. The van der Waals surface area contributed by atoms with E-state index >= 15 is 0 Å². The monoisotopic (exact) mass is 740 g/mol. The van der Waals surface area contributed by atoms with E-state index in [1.54, 1.807) is 0 Å². The number of hydrogen-bond donors (Lipinski definition) is 0. The Bertz CT molecular complexity index is 3510. The molecule has 0 saturated carbocycles. The second kappa shape index (κ2) is 12.8. The van der Waals surface area contributed by atoms with Crippen molar-refractivity contribution in [2.75, 3.05) is 0 Å². The highest BCUT2D eigenvalue weighted by Crippen LogP contribution is 2.41. The van der Waals surface area contributed by atoms with Gasteiger partial charge >= 0.3 is 0 Å². The lowest BCUT2D eigenvalue weighted by atomic mass is 9.96. The summed E-state index contributed by atoms with van der Waals surface area (Å²) in [6.07, 6.45) is 0. The molecule has 3 heterocycles. The van der Waals surface area contributed by atoms with Crippen LogP contribution in [-0.2, 0) is 0 Å². The summed E-state index contributed by atoms with van der Waals surface area (Å²) in [7, 11) is 0. The number of furan rings is 1. The van der Waals surface area contributed by atoms with Crippen molar-refractivity contribution in [2.45, 2.75) is 0 Å². The normalized spacial score (nSPS) is 11.8. The maximum absolute atomic E-state index is 6.56. The lowest BCUT2D eigenvalue weighted by molar-refractivity contribution is 0.669. The summed E-state index contributed by atoms with van der Waals surface area (Å²) in [6, 6.07) is 68.0. The lowest BCUT2D eigenvalue weighted by Crippen LogP contribution is -2.07. The first-order valence-electron chi connectivity index (χ1n) is 19.5. The average molecular weight is 741 g/mol. The number of fused-ring (bicyclic) bond motifs is 9. The van der Waals surface area contributed by atoms with Crippen LogP contribution in [0, 0.1) is 0 Å². The lowest BCUT2D eigenvalue weighted by Gasteiger charge is -2.14. The highest BCUT2D eigenvalue weighted by Gasteiger charge is 2.22. The number of nitrogens with zero attached hydrogens (tertiary/aromatic N) is 4. The van der Waals surface area contributed by atoms with Gasteiger partial charge in [-0.05, 0) is 80.9 Å². The minimum atomic E-state index is 0.546. The van der Waals surface area contributed by atoms with Gasteiger partial charge in [0, 0.05) is 38.1 Å². The molecule has 12 rings (SSSR count). The Morgan fingerprint density at radius 3 is 1.74 bits per heavy atom. The van der Waals surface area contributed by atoms with Crippen LogP contribution in [-0.4, -0.2) is 19.5 Å². The molecule has 12 aromatic rings. The summed E-state index contributed by atoms with van der Waals surface area (Å²) in [5.41, 5.74) is 9.87. The van der Waals surface area contributed by atoms with Gasteiger partial charge in [-0.3, -0.25) is 4.57 Å². The summed E-state index contributed by atoms with van der Waals surface area (Å²) in [4.78, 5) is 16.3. The van der Waals surface area contributed by atoms with Crippen LogP contribution in [0.1, 0.15) is 0 Å². The minimum Gasteiger partial charge on any atom is -0.456 e. The van der Waals surface area contributed by atoms with Crippen LogP contribution in [0.25, 0.3) is 116 Å². The number of aromatic nitrogens is 4. The molecule has 5 heteroatoms. The zero-order valence-electron chi connectivity index (χ0n) is 31.2. The largest absolute Gasteiger partial charge is 0.456 e. The highest BCUT2D eigenvalue weighted by atomic mass is 16.3. The average Bonchev–Trinajstić information content (AvgIpc) is 3.84. The quantitative estimate of drug-likeness (QED) is 0.176. The standard InChI is InChI=1S/C53H32N4O/c1-3-14-33(15-4-1)38-28-39(34-16-5-2-6-17-34)30-40(29-38)51-54-52(44-23-13-25-47-49(44)45-31-36-19-7-8-20-37(36)32-48(45)58-47)56-53(55-51)57-46-24-12-11-22-42(46)43-27-26-35-18-9-10-21-41(35)50(43)57/h1-32H. The van der Waals surface area contributed by atoms with Gasteiger partial charge in [-0.15, -0.1) is 0 Å². The van der Waals surface area contributed by atoms with E-state index in [0.717, 1.165) is 98.7 Å². The Labute approximate surface area is 333 Å². The SMILES string of the molecule is c1ccc(-c2cc(-c3ccccc3)cc(-c3nc(-c4cccc5oc6cc7ccccc7cc6c45)nc(-n4c5ccccc5c5ccc6ccccc6c54)n3)c2)cc1. The van der Waals surface area contributed by atoms with Crippen molar-refractivity contribution in [1.82, 2.24) is 19.5 Å². The van der Waals surface area contributed by atoms with Crippen LogP contribution in [0.2, 0.25) is 0 Å². The van der Waals surface area contributed by atoms with Crippen molar-refractivity contribution in [2.24, 2.45) is 0 Å². The van der Waals surface area contributed by atoms with Crippen LogP contribution in [0.4, 0.5) is 0 Å². The minimum absolute atomic E-state index is 0.546. The van der Waals surface area contributed by atoms with E-state index < -0.39 is 0 Å². The first kappa shape index (κ1) is 32.4. The van der Waals surface area contributed by atoms with Gasteiger partial charge < -0.3 is 4.42 Å². The first-order chi connectivity index (χ1) is 28.7. The second-order valence-corrected chi connectivity index (χ2v) is 14.8. The predicted octanol–water partition coefficient (Wildman–Crippen LogP) is 13.8. The van der Waals surface area contributed by atoms with E-state index in [2.05, 4.69) is 174 Å². The fourth-order valence-electron chi connectivity index (χ4n) is 8.70. The summed E-state index contributed by atoms with van der Waals surface area (Å²) < 4.78 is 8.78. The van der Waals surface area contributed by atoms with E-state index in [-0.39, 0.29) is 0 Å². The van der Waals surface area contributed by atoms with Crippen molar-refractivity contribution in [3.8, 4) is 51.0 Å². The van der Waals surface area contributed by atoms with Crippen LogP contribution in [0.3, 0.4) is 0 Å². The Kier molecular flexibility index (Phi) is 7.16. The highest BCUT2D eigenvalue weighted by molar-refractivity contribution is 6.19. The van der Waals surface area contributed by atoms with Crippen molar-refractivity contribution in [3.63, 3.8) is 0 Å². The molecule has 3 aromatic heterocycles. The Morgan fingerprint density at radius 2 is 0.983 bits per heavy atom. The second-order valence-electron chi connectivity index (χ2n) is 14.8. The van der Waals surface area contributed by atoms with Crippen LogP contribution in [0.15, 0.2) is 199 Å². The predicted molar refractivity (Wildman–Crippen MR) is 238 cm³/mol. The van der Waals surface area contributed by atoms with Crippen molar-refractivity contribution >= 4 is 65.3 Å². The number of rotatable bonds is 5. The Hall–Kier alpha value is -7.89. The van der Waals surface area contributed by atoms with Gasteiger partial charge in [-0.2, -0.15) is 9.97 Å². The molecule has 58 heavy (non-hydrogen) atoms. The molecule has 0 aliphatic rings. The van der Waals surface area contributed by atoms with E-state index in [4.69, 9.17) is 19.4 Å². The number of benzene rings is 9. The molecule has 0 fully saturated rings. The maximum atomic E-state index is 6.56. The van der Waals surface area contributed by atoms with E-state index in [1.807, 2.05) is 24.3 Å². The summed E-state index contributed by atoms with van der Waals surface area (Å²) in [6.45, 7) is 0. The number of hydrogen-bond acceptors (Lipinski definition) is 4. The van der Waals surface area contributed by atoms with Crippen LogP contribution < -0.4 is 0 Å². The molecule has 0 unspecified atom stereocenters. The molecular formula is C53H32N4O. The smallest absolute Gasteiger partial charge is 0.238 e. The van der Waals surface area contributed by atoms with Crippen molar-refractivity contribution in [3.05, 3.63) is 194 Å². The molecule has 0 aliphatic carbocycles. The van der Waals surface area contributed by atoms with Crippen LogP contribution in [0.5, 0.6) is 0 Å². The third-order valence-electron chi connectivity index (χ3n) is 11.4. The zero-order valence-corrected chi connectivity index (χ0v) is 31.2. The van der Waals surface area contributed by atoms with Gasteiger partial charge in [-0.1, -0.05) is 152 Å². The van der Waals surface area contributed by atoms with Gasteiger partial charge in [0.2, 0.25) is 5.95 Å². The van der Waals surface area contributed by atoms with Crippen LogP contribution >= 0.6 is 0 Å². The topological polar surface area (TPSA) is 56.7 Å². The van der Waals surface area contributed by atoms with Gasteiger partial charge in [0.25, 0.3) is 0 Å². The molecule has 0 saturated heterocycles. The van der Waals surface area contributed by atoms with E-state index in [1.165, 1.54) is 0 Å². The van der Waals surface area contributed by atoms with Gasteiger partial charge in [-0.25, -0.2) is 4.98 Å². The zero-order chi connectivity index (χ0) is 38.2. The third-order valence-corrected chi connectivity index (χ3v) is 11.4. The third kappa shape index (κ3) is 5.14.